The lowest BCUT2D eigenvalue weighted by Crippen LogP contribution is -2.09. The van der Waals surface area contributed by atoms with Crippen molar-refractivity contribution in [3.8, 4) is 0 Å². The van der Waals surface area contributed by atoms with Crippen molar-refractivity contribution in [2.75, 3.05) is 5.32 Å². The highest BCUT2D eigenvalue weighted by Gasteiger charge is 2.04. The fraction of sp³-hybridized carbons (Fsp3) is 0. The summed E-state index contributed by atoms with van der Waals surface area (Å²) in [4.78, 5) is 11.5. The third kappa shape index (κ3) is 3.06. The maximum atomic E-state index is 11.5. The number of tetrazole rings is 1. The number of anilines is 1. The van der Waals surface area contributed by atoms with Crippen LogP contribution in [-0.4, -0.2) is 26.5 Å². The van der Waals surface area contributed by atoms with Gasteiger partial charge in [-0.1, -0.05) is 34.4 Å². The molecule has 0 radical (unpaired) electrons. The van der Waals surface area contributed by atoms with E-state index in [1.807, 2.05) is 0 Å². The van der Waals surface area contributed by atoms with Crippen molar-refractivity contribution >= 4 is 41.1 Å². The number of hydrogen-bond acceptors (Lipinski definition) is 4. The normalized spacial score (nSPS) is 10.8. The summed E-state index contributed by atoms with van der Waals surface area (Å²) in [5.41, 5.74) is 0.573. The molecule has 8 heteroatoms. The lowest BCUT2D eigenvalue weighted by Gasteiger charge is -2.00. The van der Waals surface area contributed by atoms with Crippen LogP contribution in [0.1, 0.15) is 5.56 Å². The molecule has 0 saturated carbocycles. The number of rotatable bonds is 3. The number of aromatic nitrogens is 4. The first-order valence-corrected chi connectivity index (χ1v) is 5.59. The second kappa shape index (κ2) is 5.61. The summed E-state index contributed by atoms with van der Waals surface area (Å²) in [7, 11) is 0. The fourth-order valence-corrected chi connectivity index (χ4v) is 1.72. The highest BCUT2D eigenvalue weighted by atomic mass is 35.5. The summed E-state index contributed by atoms with van der Waals surface area (Å²) in [5, 5.41) is 16.0. The Bertz CT molecular complexity index is 562. The molecule has 1 aromatic heterocycles. The third-order valence-corrected chi connectivity index (χ3v) is 2.64. The summed E-state index contributed by atoms with van der Waals surface area (Å²) in [6, 6.07) is 5.09. The van der Waals surface area contributed by atoms with Gasteiger partial charge in [-0.3, -0.25) is 10.1 Å². The first-order valence-electron chi connectivity index (χ1n) is 4.83. The number of nitrogens with zero attached hydrogens (tertiary/aromatic N) is 3. The average Bonchev–Trinajstić information content (AvgIpc) is 2.81. The van der Waals surface area contributed by atoms with E-state index in [1.165, 1.54) is 12.2 Å². The van der Waals surface area contributed by atoms with Crippen LogP contribution in [0.4, 0.5) is 5.95 Å². The van der Waals surface area contributed by atoms with Gasteiger partial charge in [0, 0.05) is 21.7 Å². The minimum absolute atomic E-state index is 0.0925. The lowest BCUT2D eigenvalue weighted by molar-refractivity contribution is -0.111. The lowest BCUT2D eigenvalue weighted by atomic mass is 10.2. The fourth-order valence-electron chi connectivity index (χ4n) is 1.20. The molecular formula is C10H7Cl2N5O. The van der Waals surface area contributed by atoms with Gasteiger partial charge in [0.1, 0.15) is 0 Å². The molecule has 0 aliphatic carbocycles. The Morgan fingerprint density at radius 2 is 2.06 bits per heavy atom. The first kappa shape index (κ1) is 12.5. The molecule has 1 amide bonds. The van der Waals surface area contributed by atoms with Crippen LogP contribution in [0, 0.1) is 0 Å². The minimum Gasteiger partial charge on any atom is -0.288 e. The maximum Gasteiger partial charge on any atom is 0.270 e. The molecule has 6 nitrogen and oxygen atoms in total. The van der Waals surface area contributed by atoms with E-state index in [4.69, 9.17) is 23.2 Å². The number of halogens is 2. The highest BCUT2D eigenvalue weighted by molar-refractivity contribution is 6.37. The summed E-state index contributed by atoms with van der Waals surface area (Å²) < 4.78 is 0. The SMILES string of the molecule is O=C(C=Cc1c(Cl)cccc1Cl)Nc1nn[nH]n1. The van der Waals surface area contributed by atoms with Crippen LogP contribution >= 0.6 is 23.2 Å². The minimum atomic E-state index is -0.410. The van der Waals surface area contributed by atoms with Crippen molar-refractivity contribution in [3.63, 3.8) is 0 Å². The highest BCUT2D eigenvalue weighted by Crippen LogP contribution is 2.25. The topological polar surface area (TPSA) is 83.6 Å². The molecule has 2 N–H and O–H groups in total. The Kier molecular flexibility index (Phi) is 3.91. The molecule has 0 atom stereocenters. The van der Waals surface area contributed by atoms with Crippen molar-refractivity contribution in [2.24, 2.45) is 0 Å². The van der Waals surface area contributed by atoms with Gasteiger partial charge in [0.05, 0.1) is 0 Å². The maximum absolute atomic E-state index is 11.5. The largest absolute Gasteiger partial charge is 0.288 e. The van der Waals surface area contributed by atoms with Gasteiger partial charge in [-0.2, -0.15) is 5.21 Å². The first-order chi connectivity index (χ1) is 8.66. The molecule has 18 heavy (non-hydrogen) atoms. The average molecular weight is 284 g/mol. The van der Waals surface area contributed by atoms with E-state index in [1.54, 1.807) is 18.2 Å². The second-order valence-corrected chi connectivity index (χ2v) is 4.01. The van der Waals surface area contributed by atoms with Gasteiger partial charge in [0.25, 0.3) is 11.9 Å². The van der Waals surface area contributed by atoms with Crippen LogP contribution in [0.5, 0.6) is 0 Å². The molecule has 2 aromatic rings. The number of H-pyrrole nitrogens is 1. The van der Waals surface area contributed by atoms with Crippen LogP contribution in [0.3, 0.4) is 0 Å². The van der Waals surface area contributed by atoms with Gasteiger partial charge in [-0.25, -0.2) is 0 Å². The summed E-state index contributed by atoms with van der Waals surface area (Å²) in [5.74, 6) is -0.317. The molecule has 0 saturated heterocycles. The van der Waals surface area contributed by atoms with Crippen LogP contribution in [0.2, 0.25) is 10.0 Å². The van der Waals surface area contributed by atoms with Crippen molar-refractivity contribution < 1.29 is 4.79 Å². The van der Waals surface area contributed by atoms with E-state index < -0.39 is 5.91 Å². The second-order valence-electron chi connectivity index (χ2n) is 3.19. The summed E-state index contributed by atoms with van der Waals surface area (Å²) >= 11 is 11.9. The Balaban J connectivity index is 2.09. The zero-order valence-corrected chi connectivity index (χ0v) is 10.4. The van der Waals surface area contributed by atoms with E-state index >= 15 is 0 Å². The predicted octanol–water partition coefficient (Wildman–Crippen LogP) is 2.16. The van der Waals surface area contributed by atoms with E-state index in [0.29, 0.717) is 15.6 Å². The van der Waals surface area contributed by atoms with Crippen molar-refractivity contribution in [3.05, 3.63) is 39.9 Å². The number of nitrogens with one attached hydrogen (secondary N) is 2. The van der Waals surface area contributed by atoms with Gasteiger partial charge in [0.15, 0.2) is 0 Å². The molecule has 1 heterocycles. The molecule has 1 aromatic carbocycles. The molecule has 0 unspecified atom stereocenters. The van der Waals surface area contributed by atoms with E-state index in [2.05, 4.69) is 25.9 Å². The van der Waals surface area contributed by atoms with E-state index in [0.717, 1.165) is 0 Å². The molecule has 2 rings (SSSR count). The molecule has 0 spiro atoms. The zero-order chi connectivity index (χ0) is 13.0. The van der Waals surface area contributed by atoms with Gasteiger partial charge in [-0.15, -0.1) is 5.10 Å². The summed E-state index contributed by atoms with van der Waals surface area (Å²) in [6.07, 6.45) is 2.80. The van der Waals surface area contributed by atoms with E-state index in [9.17, 15) is 4.79 Å². The van der Waals surface area contributed by atoms with Gasteiger partial charge in [0.2, 0.25) is 0 Å². The van der Waals surface area contributed by atoms with Crippen LogP contribution in [-0.2, 0) is 4.79 Å². The Morgan fingerprint density at radius 3 is 2.67 bits per heavy atom. The van der Waals surface area contributed by atoms with E-state index in [-0.39, 0.29) is 5.95 Å². The molecule has 0 aliphatic rings. The monoisotopic (exact) mass is 283 g/mol. The number of carbonyl (C=O) groups excluding carboxylic acids is 1. The van der Waals surface area contributed by atoms with Crippen LogP contribution in [0.15, 0.2) is 24.3 Å². The standard InChI is InChI=1S/C10H7Cl2N5O/c11-7-2-1-3-8(12)6(7)4-5-9(18)13-10-14-16-17-15-10/h1-5H,(H2,13,14,15,16,17,18). The third-order valence-electron chi connectivity index (χ3n) is 1.98. The molecule has 0 fully saturated rings. The Hall–Kier alpha value is -1.92. The van der Waals surface area contributed by atoms with Crippen molar-refractivity contribution in [1.82, 2.24) is 20.6 Å². The quantitative estimate of drug-likeness (QED) is 0.846. The predicted molar refractivity (Wildman–Crippen MR) is 68.3 cm³/mol. The smallest absolute Gasteiger partial charge is 0.270 e. The van der Waals surface area contributed by atoms with Gasteiger partial charge >= 0.3 is 0 Å². The Labute approximate surface area is 112 Å². The zero-order valence-electron chi connectivity index (χ0n) is 8.89. The van der Waals surface area contributed by atoms with Crippen LogP contribution < -0.4 is 5.32 Å². The van der Waals surface area contributed by atoms with Crippen molar-refractivity contribution in [1.29, 1.82) is 0 Å². The number of amides is 1. The van der Waals surface area contributed by atoms with Crippen LogP contribution in [0.25, 0.3) is 6.08 Å². The molecule has 0 bridgehead atoms. The van der Waals surface area contributed by atoms with Crippen molar-refractivity contribution in [2.45, 2.75) is 0 Å². The Morgan fingerprint density at radius 1 is 1.33 bits per heavy atom. The summed E-state index contributed by atoms with van der Waals surface area (Å²) in [6.45, 7) is 0. The number of carbonyl (C=O) groups is 1. The van der Waals surface area contributed by atoms with Gasteiger partial charge in [-0.05, 0) is 23.4 Å². The van der Waals surface area contributed by atoms with Gasteiger partial charge < -0.3 is 0 Å². The number of hydrogen-bond donors (Lipinski definition) is 2. The molecule has 92 valence electrons. The number of benzene rings is 1. The molecular weight excluding hydrogens is 277 g/mol. The number of aromatic amines is 1. The molecule has 0 aliphatic heterocycles.